The van der Waals surface area contributed by atoms with Crippen molar-refractivity contribution in [2.45, 2.75) is 31.7 Å². The van der Waals surface area contributed by atoms with Crippen molar-refractivity contribution in [1.82, 2.24) is 5.32 Å². The summed E-state index contributed by atoms with van der Waals surface area (Å²) in [4.78, 5) is 12.0. The third-order valence-electron chi connectivity index (χ3n) is 4.09. The van der Waals surface area contributed by atoms with Crippen molar-refractivity contribution in [3.63, 3.8) is 0 Å². The van der Waals surface area contributed by atoms with E-state index in [1.54, 1.807) is 0 Å². The van der Waals surface area contributed by atoms with Crippen molar-refractivity contribution in [1.29, 1.82) is 0 Å². The summed E-state index contributed by atoms with van der Waals surface area (Å²) >= 11 is 0. The van der Waals surface area contributed by atoms with E-state index in [2.05, 4.69) is 17.4 Å². The number of carbonyl (C=O) groups is 1. The molecule has 19 heavy (non-hydrogen) atoms. The zero-order valence-electron chi connectivity index (χ0n) is 10.8. The fraction of sp³-hybridized carbons (Fsp3) is 0.438. The number of hydrogen-bond donors (Lipinski definition) is 1. The van der Waals surface area contributed by atoms with Gasteiger partial charge in [-0.3, -0.25) is 4.79 Å². The molecule has 3 nitrogen and oxygen atoms in total. The Morgan fingerprint density at radius 3 is 2.68 bits per heavy atom. The highest BCUT2D eigenvalue weighted by Crippen LogP contribution is 2.43. The van der Waals surface area contributed by atoms with E-state index in [4.69, 9.17) is 4.42 Å². The van der Waals surface area contributed by atoms with Crippen molar-refractivity contribution in [3.8, 4) is 0 Å². The molecule has 0 unspecified atom stereocenters. The number of fused-ring (bicyclic) bond motifs is 1. The zero-order valence-corrected chi connectivity index (χ0v) is 10.8. The van der Waals surface area contributed by atoms with Gasteiger partial charge in [-0.2, -0.15) is 0 Å². The first-order chi connectivity index (χ1) is 9.31. The number of nitrogens with one attached hydrogen (secondary N) is 1. The predicted molar refractivity (Wildman–Crippen MR) is 72.5 cm³/mol. The number of carbonyl (C=O) groups excluding carboxylic acids is 1. The van der Waals surface area contributed by atoms with Gasteiger partial charge in [-0.1, -0.05) is 18.2 Å². The summed E-state index contributed by atoms with van der Waals surface area (Å²) in [5.74, 6) is 1.93. The first-order valence-corrected chi connectivity index (χ1v) is 7.10. The molecule has 1 aromatic carbocycles. The van der Waals surface area contributed by atoms with Crippen LogP contribution in [-0.4, -0.2) is 5.91 Å². The van der Waals surface area contributed by atoms with Gasteiger partial charge in [0.05, 0.1) is 6.04 Å². The first kappa shape index (κ1) is 11.1. The van der Waals surface area contributed by atoms with E-state index in [-0.39, 0.29) is 17.9 Å². The average Bonchev–Trinajstić information content (AvgIpc) is 3.30. The number of benzene rings is 1. The Balaban J connectivity index is 1.63. The number of para-hydroxylation sites is 1. The monoisotopic (exact) mass is 255 g/mol. The topological polar surface area (TPSA) is 42.2 Å². The van der Waals surface area contributed by atoms with E-state index < -0.39 is 0 Å². The standard InChI is InChI=1S/C16H17NO2/c18-16(11-7-8-11)17-15(10-5-6-10)14-9-12-3-1-2-4-13(12)19-14/h1-4,9-11,15H,5-8H2,(H,17,18)/t15-/m1/s1. The van der Waals surface area contributed by atoms with Gasteiger partial charge in [0.15, 0.2) is 0 Å². The first-order valence-electron chi connectivity index (χ1n) is 7.10. The van der Waals surface area contributed by atoms with E-state index in [1.165, 1.54) is 12.8 Å². The highest BCUT2D eigenvalue weighted by molar-refractivity contribution is 5.82. The summed E-state index contributed by atoms with van der Waals surface area (Å²) in [6.45, 7) is 0. The summed E-state index contributed by atoms with van der Waals surface area (Å²) in [5, 5.41) is 4.30. The van der Waals surface area contributed by atoms with E-state index in [9.17, 15) is 4.79 Å². The van der Waals surface area contributed by atoms with Crippen LogP contribution in [0.15, 0.2) is 34.7 Å². The van der Waals surface area contributed by atoms with Crippen LogP contribution >= 0.6 is 0 Å². The molecular weight excluding hydrogens is 238 g/mol. The zero-order chi connectivity index (χ0) is 12.8. The molecule has 2 aliphatic rings. The summed E-state index contributed by atoms with van der Waals surface area (Å²) < 4.78 is 5.92. The van der Waals surface area contributed by atoms with Gasteiger partial charge in [0.25, 0.3) is 0 Å². The third kappa shape index (κ3) is 2.14. The molecule has 1 atom stereocenters. The number of rotatable bonds is 4. The molecule has 2 fully saturated rings. The smallest absolute Gasteiger partial charge is 0.223 e. The lowest BCUT2D eigenvalue weighted by Crippen LogP contribution is -2.30. The summed E-state index contributed by atoms with van der Waals surface area (Å²) in [6, 6.07) is 10.2. The molecule has 3 heteroatoms. The third-order valence-corrected chi connectivity index (χ3v) is 4.09. The Morgan fingerprint density at radius 1 is 1.21 bits per heavy atom. The quantitative estimate of drug-likeness (QED) is 0.909. The van der Waals surface area contributed by atoms with Crippen LogP contribution in [0.2, 0.25) is 0 Å². The number of furan rings is 1. The van der Waals surface area contributed by atoms with Crippen LogP contribution in [0, 0.1) is 11.8 Å². The van der Waals surface area contributed by atoms with Crippen molar-refractivity contribution in [2.75, 3.05) is 0 Å². The molecule has 2 aromatic rings. The SMILES string of the molecule is O=C(N[C@@H](c1cc2ccccc2o1)C1CC1)C1CC1. The highest BCUT2D eigenvalue weighted by Gasteiger charge is 2.38. The highest BCUT2D eigenvalue weighted by atomic mass is 16.3. The molecule has 2 saturated carbocycles. The summed E-state index contributed by atoms with van der Waals surface area (Å²) in [5.41, 5.74) is 0.906. The Bertz CT molecular complexity index is 589. The predicted octanol–water partition coefficient (Wildman–Crippen LogP) is 3.41. The Kier molecular flexibility index (Phi) is 2.40. The van der Waals surface area contributed by atoms with Crippen LogP contribution in [0.25, 0.3) is 11.0 Å². The molecule has 0 aliphatic heterocycles. The van der Waals surface area contributed by atoms with Gasteiger partial charge in [-0.15, -0.1) is 0 Å². The van der Waals surface area contributed by atoms with Crippen molar-refractivity contribution < 1.29 is 9.21 Å². The van der Waals surface area contributed by atoms with E-state index >= 15 is 0 Å². The molecule has 1 N–H and O–H groups in total. The van der Waals surface area contributed by atoms with Gasteiger partial charge in [-0.25, -0.2) is 0 Å². The maximum absolute atomic E-state index is 12.0. The Hall–Kier alpha value is -1.77. The Labute approximate surface area is 112 Å². The fourth-order valence-electron chi connectivity index (χ4n) is 2.62. The average molecular weight is 255 g/mol. The second kappa shape index (κ2) is 4.12. The summed E-state index contributed by atoms with van der Waals surface area (Å²) in [7, 11) is 0. The number of amides is 1. The van der Waals surface area contributed by atoms with Crippen molar-refractivity contribution in [2.24, 2.45) is 11.8 Å². The lowest BCUT2D eigenvalue weighted by atomic mass is 10.1. The molecule has 0 saturated heterocycles. The lowest BCUT2D eigenvalue weighted by molar-refractivity contribution is -0.123. The van der Waals surface area contributed by atoms with Crippen LogP contribution in [0.4, 0.5) is 0 Å². The number of hydrogen-bond acceptors (Lipinski definition) is 2. The molecule has 1 aromatic heterocycles. The molecule has 4 rings (SSSR count). The van der Waals surface area contributed by atoms with E-state index in [1.807, 2.05) is 18.2 Å². The molecule has 0 spiro atoms. The normalized spacial score (nSPS) is 20.4. The fourth-order valence-corrected chi connectivity index (χ4v) is 2.62. The van der Waals surface area contributed by atoms with Gasteiger partial charge in [-0.05, 0) is 43.7 Å². The largest absolute Gasteiger partial charge is 0.459 e. The minimum atomic E-state index is 0.0699. The maximum Gasteiger partial charge on any atom is 0.223 e. The van der Waals surface area contributed by atoms with Gasteiger partial charge in [0.1, 0.15) is 11.3 Å². The van der Waals surface area contributed by atoms with Crippen LogP contribution in [0.1, 0.15) is 37.5 Å². The molecule has 0 radical (unpaired) electrons. The van der Waals surface area contributed by atoms with Crippen LogP contribution < -0.4 is 5.32 Å². The maximum atomic E-state index is 12.0. The molecule has 1 heterocycles. The second-order valence-corrected chi connectivity index (χ2v) is 5.78. The van der Waals surface area contributed by atoms with E-state index in [0.29, 0.717) is 5.92 Å². The molecular formula is C16H17NO2. The van der Waals surface area contributed by atoms with Crippen LogP contribution in [0.3, 0.4) is 0 Å². The van der Waals surface area contributed by atoms with Gasteiger partial charge in [0.2, 0.25) is 5.91 Å². The van der Waals surface area contributed by atoms with Crippen molar-refractivity contribution in [3.05, 3.63) is 36.1 Å². The molecule has 98 valence electrons. The minimum Gasteiger partial charge on any atom is -0.459 e. The van der Waals surface area contributed by atoms with Crippen molar-refractivity contribution >= 4 is 16.9 Å². The minimum absolute atomic E-state index is 0.0699. The van der Waals surface area contributed by atoms with Gasteiger partial charge in [0, 0.05) is 11.3 Å². The van der Waals surface area contributed by atoms with E-state index in [0.717, 1.165) is 29.6 Å². The van der Waals surface area contributed by atoms with Crippen LogP contribution in [0.5, 0.6) is 0 Å². The van der Waals surface area contributed by atoms with Gasteiger partial charge < -0.3 is 9.73 Å². The molecule has 1 amide bonds. The Morgan fingerprint density at radius 2 is 2.00 bits per heavy atom. The lowest BCUT2D eigenvalue weighted by Gasteiger charge is -2.15. The van der Waals surface area contributed by atoms with Gasteiger partial charge >= 0.3 is 0 Å². The molecule has 0 bridgehead atoms. The molecule has 2 aliphatic carbocycles. The van der Waals surface area contributed by atoms with Crippen LogP contribution in [-0.2, 0) is 4.79 Å². The summed E-state index contributed by atoms with van der Waals surface area (Å²) in [6.07, 6.45) is 4.46. The second-order valence-electron chi connectivity index (χ2n) is 5.78.